The highest BCUT2D eigenvalue weighted by Gasteiger charge is 2.32. The maximum atomic E-state index is 12.6. The molecule has 0 radical (unpaired) electrons. The van der Waals surface area contributed by atoms with E-state index in [9.17, 15) is 4.79 Å². The number of piperidine rings is 1. The Labute approximate surface area is 132 Å². The molecule has 0 aromatic heterocycles. The maximum absolute atomic E-state index is 12.6. The van der Waals surface area contributed by atoms with Gasteiger partial charge in [0.05, 0.1) is 0 Å². The van der Waals surface area contributed by atoms with Gasteiger partial charge < -0.3 is 9.64 Å². The highest BCUT2D eigenvalue weighted by Crippen LogP contribution is 2.25. The normalized spacial score (nSPS) is 23.8. The van der Waals surface area contributed by atoms with Crippen LogP contribution in [-0.4, -0.2) is 29.0 Å². The Bertz CT molecular complexity index is 508. The van der Waals surface area contributed by atoms with Gasteiger partial charge in [0.2, 0.25) is 0 Å². The number of nitrogens with zero attached hydrogens (tertiary/aromatic N) is 1. The van der Waals surface area contributed by atoms with Crippen molar-refractivity contribution in [3.63, 3.8) is 0 Å². The number of carbonyl (C=O) groups is 1. The first-order valence-electron chi connectivity index (χ1n) is 7.65. The molecule has 3 nitrogen and oxygen atoms in total. The molecule has 1 fully saturated rings. The van der Waals surface area contributed by atoms with Gasteiger partial charge in [-0.15, -0.1) is 0 Å². The van der Waals surface area contributed by atoms with Gasteiger partial charge in [-0.1, -0.05) is 11.6 Å². The van der Waals surface area contributed by atoms with Crippen molar-refractivity contribution in [2.75, 3.05) is 0 Å². The number of likely N-dealkylation sites (tertiary alicyclic amines) is 1. The zero-order chi connectivity index (χ0) is 15.6. The molecule has 1 aliphatic rings. The number of hydrogen-bond acceptors (Lipinski definition) is 2. The first-order valence-corrected chi connectivity index (χ1v) is 8.03. The van der Waals surface area contributed by atoms with Gasteiger partial charge in [-0.3, -0.25) is 4.79 Å². The second-order valence-electron chi connectivity index (χ2n) is 6.05. The quantitative estimate of drug-likeness (QED) is 0.837. The Balaban J connectivity index is 2.06. The van der Waals surface area contributed by atoms with Crippen LogP contribution in [-0.2, 0) is 4.79 Å². The Morgan fingerprint density at radius 3 is 2.52 bits per heavy atom. The molecule has 116 valence electrons. The van der Waals surface area contributed by atoms with Crippen molar-refractivity contribution in [3.05, 3.63) is 28.8 Å². The lowest BCUT2D eigenvalue weighted by molar-refractivity contribution is -0.144. The molecule has 0 bridgehead atoms. The predicted molar refractivity (Wildman–Crippen MR) is 85.9 cm³/mol. The van der Waals surface area contributed by atoms with Gasteiger partial charge in [0, 0.05) is 17.1 Å². The minimum Gasteiger partial charge on any atom is -0.481 e. The summed E-state index contributed by atoms with van der Waals surface area (Å²) in [6, 6.07) is 6.06. The van der Waals surface area contributed by atoms with E-state index in [2.05, 4.69) is 13.8 Å². The number of rotatable bonds is 3. The van der Waals surface area contributed by atoms with Gasteiger partial charge in [0.25, 0.3) is 5.91 Å². The summed E-state index contributed by atoms with van der Waals surface area (Å²) in [7, 11) is 0. The smallest absolute Gasteiger partial charge is 0.263 e. The van der Waals surface area contributed by atoms with Gasteiger partial charge in [-0.2, -0.15) is 0 Å². The first kappa shape index (κ1) is 16.2. The molecule has 1 aliphatic heterocycles. The van der Waals surface area contributed by atoms with Crippen LogP contribution in [0.15, 0.2) is 18.2 Å². The summed E-state index contributed by atoms with van der Waals surface area (Å²) in [5, 5.41) is 0.708. The molecule has 0 spiro atoms. The van der Waals surface area contributed by atoms with Crippen LogP contribution in [0.1, 0.15) is 45.6 Å². The van der Waals surface area contributed by atoms with Crippen molar-refractivity contribution in [3.8, 4) is 5.75 Å². The molecule has 0 aliphatic carbocycles. The third-order valence-electron chi connectivity index (χ3n) is 4.24. The second-order valence-corrected chi connectivity index (χ2v) is 6.45. The number of carbonyl (C=O) groups excluding carboxylic acids is 1. The summed E-state index contributed by atoms with van der Waals surface area (Å²) >= 11 is 6.01. The topological polar surface area (TPSA) is 29.5 Å². The average Bonchev–Trinajstić information content (AvgIpc) is 2.42. The Morgan fingerprint density at radius 2 is 1.95 bits per heavy atom. The third kappa shape index (κ3) is 3.70. The highest BCUT2D eigenvalue weighted by atomic mass is 35.5. The zero-order valence-electron chi connectivity index (χ0n) is 13.2. The van der Waals surface area contributed by atoms with E-state index in [4.69, 9.17) is 16.3 Å². The maximum Gasteiger partial charge on any atom is 0.263 e. The number of aryl methyl sites for hydroxylation is 1. The van der Waals surface area contributed by atoms with E-state index < -0.39 is 6.10 Å². The van der Waals surface area contributed by atoms with Crippen molar-refractivity contribution in [2.24, 2.45) is 0 Å². The molecular formula is C17H24ClNO2. The summed E-state index contributed by atoms with van der Waals surface area (Å²) < 4.78 is 5.81. The van der Waals surface area contributed by atoms with Crippen molar-refractivity contribution in [1.29, 1.82) is 0 Å². The number of amides is 1. The highest BCUT2D eigenvalue weighted by molar-refractivity contribution is 6.31. The van der Waals surface area contributed by atoms with E-state index >= 15 is 0 Å². The van der Waals surface area contributed by atoms with Crippen LogP contribution in [0.2, 0.25) is 5.02 Å². The lowest BCUT2D eigenvalue weighted by atomic mass is 9.97. The van der Waals surface area contributed by atoms with E-state index in [0.717, 1.165) is 18.4 Å². The van der Waals surface area contributed by atoms with Gasteiger partial charge in [0.15, 0.2) is 6.10 Å². The SMILES string of the molecule is Cc1cc(OC(C)C(=O)N2C(C)CCCC2C)ccc1Cl. The molecule has 4 heteroatoms. The number of benzene rings is 1. The van der Waals surface area contributed by atoms with Crippen molar-refractivity contribution in [2.45, 2.75) is 65.1 Å². The number of halogens is 1. The lowest BCUT2D eigenvalue weighted by Gasteiger charge is -2.40. The third-order valence-corrected chi connectivity index (χ3v) is 4.66. The minimum absolute atomic E-state index is 0.0716. The molecule has 1 heterocycles. The lowest BCUT2D eigenvalue weighted by Crippen LogP contribution is -2.51. The standard InChI is InChI=1S/C17H24ClNO2/c1-11-10-15(8-9-16(11)18)21-14(4)17(20)19-12(2)6-5-7-13(19)3/h8-10,12-14H,5-7H2,1-4H3. The minimum atomic E-state index is -0.478. The molecule has 2 rings (SSSR count). The predicted octanol–water partition coefficient (Wildman–Crippen LogP) is 4.21. The van der Waals surface area contributed by atoms with Crippen LogP contribution >= 0.6 is 11.6 Å². The van der Waals surface area contributed by atoms with Crippen molar-refractivity contribution >= 4 is 17.5 Å². The van der Waals surface area contributed by atoms with Gasteiger partial charge in [0.1, 0.15) is 5.75 Å². The summed E-state index contributed by atoms with van der Waals surface area (Å²) in [6.07, 6.45) is 2.86. The molecule has 0 N–H and O–H groups in total. The number of ether oxygens (including phenoxy) is 1. The van der Waals surface area contributed by atoms with Crippen LogP contribution in [0, 0.1) is 6.92 Å². The van der Waals surface area contributed by atoms with Gasteiger partial charge in [-0.25, -0.2) is 0 Å². The van der Waals surface area contributed by atoms with E-state index in [0.29, 0.717) is 22.9 Å². The molecule has 3 unspecified atom stereocenters. The van der Waals surface area contributed by atoms with Crippen LogP contribution in [0.25, 0.3) is 0 Å². The van der Waals surface area contributed by atoms with Gasteiger partial charge in [-0.05, 0) is 70.7 Å². The first-order chi connectivity index (χ1) is 9.90. The summed E-state index contributed by atoms with van der Waals surface area (Å²) in [5.74, 6) is 0.761. The van der Waals surface area contributed by atoms with Crippen LogP contribution < -0.4 is 4.74 Å². The fourth-order valence-electron chi connectivity index (χ4n) is 3.01. The zero-order valence-corrected chi connectivity index (χ0v) is 14.0. The molecule has 0 saturated carbocycles. The monoisotopic (exact) mass is 309 g/mol. The second kappa shape index (κ2) is 6.69. The molecule has 1 amide bonds. The Morgan fingerprint density at radius 1 is 1.33 bits per heavy atom. The molecule has 1 saturated heterocycles. The Kier molecular flexibility index (Phi) is 5.15. The van der Waals surface area contributed by atoms with Crippen LogP contribution in [0.5, 0.6) is 5.75 Å². The summed E-state index contributed by atoms with van der Waals surface area (Å²) in [4.78, 5) is 14.6. The van der Waals surface area contributed by atoms with E-state index in [-0.39, 0.29) is 5.91 Å². The largest absolute Gasteiger partial charge is 0.481 e. The molecule has 1 aromatic rings. The fraction of sp³-hybridized carbons (Fsp3) is 0.588. The molecule has 1 aromatic carbocycles. The van der Waals surface area contributed by atoms with E-state index in [1.54, 1.807) is 6.07 Å². The van der Waals surface area contributed by atoms with Crippen molar-refractivity contribution < 1.29 is 9.53 Å². The van der Waals surface area contributed by atoms with E-state index in [1.165, 1.54) is 6.42 Å². The Hall–Kier alpha value is -1.22. The summed E-state index contributed by atoms with van der Waals surface area (Å²) in [6.45, 7) is 7.98. The average molecular weight is 310 g/mol. The summed E-state index contributed by atoms with van der Waals surface area (Å²) in [5.41, 5.74) is 0.952. The van der Waals surface area contributed by atoms with Crippen LogP contribution in [0.3, 0.4) is 0 Å². The van der Waals surface area contributed by atoms with Crippen LogP contribution in [0.4, 0.5) is 0 Å². The fourth-order valence-corrected chi connectivity index (χ4v) is 3.13. The molecular weight excluding hydrogens is 286 g/mol. The molecule has 21 heavy (non-hydrogen) atoms. The molecule has 3 atom stereocenters. The van der Waals surface area contributed by atoms with E-state index in [1.807, 2.05) is 30.9 Å². The van der Waals surface area contributed by atoms with Gasteiger partial charge >= 0.3 is 0 Å². The number of hydrogen-bond donors (Lipinski definition) is 0. The van der Waals surface area contributed by atoms with Crippen molar-refractivity contribution in [1.82, 2.24) is 4.90 Å².